The number of carbonyl (C=O) groups is 3. The fraction of sp³-hybridized carbons (Fsp3) is 0.750. The first-order chi connectivity index (χ1) is 19.8. The number of nitrogens with two attached hydrogens (primary N) is 1. The number of benzene rings is 1. The number of carbonyl (C=O) groups excluding carboxylic acids is 3. The van der Waals surface area contributed by atoms with Gasteiger partial charge in [-0.2, -0.15) is 0 Å². The molecule has 0 unspecified atom stereocenters. The lowest BCUT2D eigenvalue weighted by atomic mass is 9.44. The average molecular weight is 580 g/mol. The molecule has 1 aromatic carbocycles. The van der Waals surface area contributed by atoms with Crippen molar-refractivity contribution >= 4 is 17.5 Å². The molecule has 232 valence electrons. The zero-order valence-corrected chi connectivity index (χ0v) is 26.4. The van der Waals surface area contributed by atoms with Crippen LogP contribution in [-0.4, -0.2) is 34.8 Å². The zero-order valence-electron chi connectivity index (χ0n) is 26.4. The number of hydrogen-bond acceptors (Lipinski definition) is 6. The van der Waals surface area contributed by atoms with Crippen molar-refractivity contribution < 1.29 is 24.2 Å². The maximum Gasteiger partial charge on any atom is 0.309 e. The molecule has 42 heavy (non-hydrogen) atoms. The molecule has 0 amide bonds. The number of phenols is 1. The second-order valence-electron chi connectivity index (χ2n) is 15.3. The Morgan fingerprint density at radius 1 is 0.952 bits per heavy atom. The fourth-order valence-electron chi connectivity index (χ4n) is 10.2. The summed E-state index contributed by atoms with van der Waals surface area (Å²) in [5.41, 5.74) is 7.47. The topological polar surface area (TPSA) is 107 Å². The highest BCUT2D eigenvalue weighted by molar-refractivity contribution is 5.88. The number of ether oxygens (including phenoxy) is 1. The molecule has 0 aliphatic heterocycles. The number of ketones is 2. The highest BCUT2D eigenvalue weighted by atomic mass is 16.5. The molecule has 6 heteroatoms. The Labute approximate surface area is 252 Å². The van der Waals surface area contributed by atoms with Gasteiger partial charge in [0.05, 0.1) is 12.0 Å². The highest BCUT2D eigenvalue weighted by Gasteiger charge is 2.61. The molecule has 4 fully saturated rings. The Bertz CT molecular complexity index is 1160. The van der Waals surface area contributed by atoms with Crippen LogP contribution >= 0.6 is 0 Å². The monoisotopic (exact) mass is 579 g/mol. The van der Waals surface area contributed by atoms with Crippen LogP contribution in [0, 0.1) is 52.3 Å². The molecule has 5 rings (SSSR count). The highest BCUT2D eigenvalue weighted by Crippen LogP contribution is 2.67. The van der Waals surface area contributed by atoms with E-state index in [9.17, 15) is 19.5 Å². The Balaban J connectivity index is 1.25. The molecule has 0 bridgehead atoms. The van der Waals surface area contributed by atoms with E-state index in [-0.39, 0.29) is 52.7 Å². The first kappa shape index (κ1) is 31.2. The molecule has 0 saturated heterocycles. The molecule has 4 aliphatic rings. The molecule has 1 aromatic rings. The third-order valence-corrected chi connectivity index (χ3v) is 12.7. The number of hydrogen-bond donors (Lipinski definition) is 2. The van der Waals surface area contributed by atoms with Gasteiger partial charge in [-0.05, 0) is 129 Å². The summed E-state index contributed by atoms with van der Waals surface area (Å²) in [4.78, 5) is 39.1. The maximum atomic E-state index is 13.6. The normalized spacial score (nSPS) is 37.2. The summed E-state index contributed by atoms with van der Waals surface area (Å²) in [7, 11) is 0. The molecule has 0 spiro atoms. The van der Waals surface area contributed by atoms with Gasteiger partial charge >= 0.3 is 5.97 Å². The van der Waals surface area contributed by atoms with E-state index in [2.05, 4.69) is 13.8 Å². The van der Waals surface area contributed by atoms with E-state index in [0.29, 0.717) is 35.9 Å². The van der Waals surface area contributed by atoms with Crippen LogP contribution in [0.15, 0.2) is 24.3 Å². The average Bonchev–Trinajstić information content (AvgIpc) is 3.31. The maximum absolute atomic E-state index is 13.6. The van der Waals surface area contributed by atoms with E-state index < -0.39 is 12.0 Å². The Morgan fingerprint density at radius 3 is 2.29 bits per heavy atom. The molecule has 4 aliphatic carbocycles. The van der Waals surface area contributed by atoms with Gasteiger partial charge in [-0.25, -0.2) is 0 Å². The molecule has 6 nitrogen and oxygen atoms in total. The lowest BCUT2D eigenvalue weighted by molar-refractivity contribution is -0.167. The van der Waals surface area contributed by atoms with Crippen molar-refractivity contribution in [2.24, 2.45) is 58.0 Å². The third-order valence-electron chi connectivity index (χ3n) is 12.7. The van der Waals surface area contributed by atoms with E-state index in [4.69, 9.17) is 10.5 Å². The molecule has 0 heterocycles. The van der Waals surface area contributed by atoms with Crippen molar-refractivity contribution in [2.45, 2.75) is 117 Å². The molecule has 10 atom stereocenters. The second-order valence-corrected chi connectivity index (χ2v) is 15.3. The van der Waals surface area contributed by atoms with Crippen LogP contribution < -0.4 is 5.73 Å². The van der Waals surface area contributed by atoms with E-state index in [1.807, 2.05) is 13.8 Å². The molecule has 3 N–H and O–H groups in total. The Kier molecular flexibility index (Phi) is 8.96. The summed E-state index contributed by atoms with van der Waals surface area (Å²) in [5.74, 6) is 2.39. The number of esters is 1. The summed E-state index contributed by atoms with van der Waals surface area (Å²) in [5, 5.41) is 9.70. The van der Waals surface area contributed by atoms with Crippen molar-refractivity contribution in [3.8, 4) is 5.75 Å². The first-order valence-corrected chi connectivity index (χ1v) is 16.6. The molecule has 0 radical (unpaired) electrons. The van der Waals surface area contributed by atoms with Crippen LogP contribution in [0.4, 0.5) is 0 Å². The Morgan fingerprint density at radius 2 is 1.62 bits per heavy atom. The first-order valence-electron chi connectivity index (χ1n) is 16.6. The third kappa shape index (κ3) is 5.81. The van der Waals surface area contributed by atoms with E-state index in [0.717, 1.165) is 37.7 Å². The molecule has 0 aromatic heterocycles. The minimum atomic E-state index is -0.603. The summed E-state index contributed by atoms with van der Waals surface area (Å²) >= 11 is 0. The lowest BCUT2D eigenvalue weighted by Crippen LogP contribution is -2.54. The van der Waals surface area contributed by atoms with Crippen LogP contribution in [0.1, 0.15) is 104 Å². The summed E-state index contributed by atoms with van der Waals surface area (Å²) in [6.45, 7) is 10.6. The van der Waals surface area contributed by atoms with Crippen molar-refractivity contribution in [3.63, 3.8) is 0 Å². The number of phenolic OH excluding ortho intramolecular Hbond substituents is 1. The van der Waals surface area contributed by atoms with Crippen molar-refractivity contribution in [2.75, 3.05) is 0 Å². The summed E-state index contributed by atoms with van der Waals surface area (Å²) < 4.78 is 6.23. The van der Waals surface area contributed by atoms with Gasteiger partial charge in [0.2, 0.25) is 0 Å². The van der Waals surface area contributed by atoms with Crippen molar-refractivity contribution in [3.05, 3.63) is 29.8 Å². The number of Topliss-reactive ketones (excluding diaryl/α,β-unsaturated/α-hetero) is 2. The van der Waals surface area contributed by atoms with Crippen LogP contribution in [-0.2, 0) is 25.5 Å². The van der Waals surface area contributed by atoms with Gasteiger partial charge in [0.15, 0.2) is 5.78 Å². The van der Waals surface area contributed by atoms with Gasteiger partial charge in [0.25, 0.3) is 0 Å². The quantitative estimate of drug-likeness (QED) is 0.317. The fourth-order valence-corrected chi connectivity index (χ4v) is 10.2. The van der Waals surface area contributed by atoms with Crippen LogP contribution in [0.3, 0.4) is 0 Å². The van der Waals surface area contributed by atoms with Crippen LogP contribution in [0.2, 0.25) is 0 Å². The van der Waals surface area contributed by atoms with E-state index in [1.54, 1.807) is 31.2 Å². The standard InChI is InChI=1S/C36H53NO5/c1-21(2)33(37)32(40)19-24(18-23-6-9-26(39)10-7-23)34(41)42-27-14-16-35(4)25(20-27)8-11-28-30-13-12-29(22(3)38)36(30,5)17-15-31(28)35/h6-7,9-10,21,24-25,27-31,33,39H,8,11-20,37H2,1-5H3/t24-,25+,27-,28+,29-,30+,31+,33+,35+,36-/m1/s1. The minimum Gasteiger partial charge on any atom is -0.508 e. The Hall–Kier alpha value is -2.21. The zero-order chi connectivity index (χ0) is 30.4. The van der Waals surface area contributed by atoms with E-state index >= 15 is 0 Å². The number of aromatic hydroxyl groups is 1. The largest absolute Gasteiger partial charge is 0.508 e. The number of fused-ring (bicyclic) bond motifs is 5. The predicted molar refractivity (Wildman–Crippen MR) is 164 cm³/mol. The smallest absolute Gasteiger partial charge is 0.309 e. The van der Waals surface area contributed by atoms with Crippen LogP contribution in [0.5, 0.6) is 5.75 Å². The van der Waals surface area contributed by atoms with Gasteiger partial charge in [-0.3, -0.25) is 14.4 Å². The number of rotatable bonds is 9. The van der Waals surface area contributed by atoms with Gasteiger partial charge < -0.3 is 15.6 Å². The van der Waals surface area contributed by atoms with Crippen LogP contribution in [0.25, 0.3) is 0 Å². The lowest BCUT2D eigenvalue weighted by Gasteiger charge is -2.61. The molecular weight excluding hydrogens is 526 g/mol. The van der Waals surface area contributed by atoms with Gasteiger partial charge in [-0.15, -0.1) is 0 Å². The van der Waals surface area contributed by atoms with Crippen molar-refractivity contribution in [1.29, 1.82) is 0 Å². The van der Waals surface area contributed by atoms with Gasteiger partial charge in [0, 0.05) is 12.3 Å². The predicted octanol–water partition coefficient (Wildman–Crippen LogP) is 6.65. The van der Waals surface area contributed by atoms with Crippen molar-refractivity contribution in [1.82, 2.24) is 0 Å². The minimum absolute atomic E-state index is 0.00391. The van der Waals surface area contributed by atoms with Gasteiger partial charge in [-0.1, -0.05) is 39.8 Å². The van der Waals surface area contributed by atoms with E-state index in [1.165, 1.54) is 25.7 Å². The molecule has 4 saturated carbocycles. The summed E-state index contributed by atoms with van der Waals surface area (Å²) in [6.07, 6.45) is 10.2. The summed E-state index contributed by atoms with van der Waals surface area (Å²) in [6, 6.07) is 6.21. The second kappa shape index (κ2) is 12.1. The van der Waals surface area contributed by atoms with Gasteiger partial charge in [0.1, 0.15) is 17.6 Å². The molecular formula is C36H53NO5. The SMILES string of the molecule is CC(=O)[C@H]1CC[C@H]2[C@@H]3CC[C@H]4C[C@H](OC(=O)[C@@H](CC(=O)[C@@H](N)C(C)C)Cc5ccc(O)cc5)CC[C@]4(C)[C@H]3CC[C@]12C.